The second-order valence-electron chi connectivity index (χ2n) is 6.86. The summed E-state index contributed by atoms with van der Waals surface area (Å²) in [6, 6.07) is 7.46. The van der Waals surface area contributed by atoms with Crippen LogP contribution in [0.3, 0.4) is 0 Å². The van der Waals surface area contributed by atoms with Crippen molar-refractivity contribution in [3.8, 4) is 0 Å². The van der Waals surface area contributed by atoms with Crippen LogP contribution in [-0.4, -0.2) is 58.2 Å². The number of benzene rings is 1. The Kier molecular flexibility index (Phi) is 4.17. The molecule has 0 spiro atoms. The molecule has 2 aromatic rings. The SMILES string of the molecule is Cn1c(CN2CCC(CN3CCOC3=O)C2)nc2ccccc2c1=O. The van der Waals surface area contributed by atoms with E-state index in [-0.39, 0.29) is 11.7 Å². The first-order chi connectivity index (χ1) is 12.1. The second-order valence-corrected chi connectivity index (χ2v) is 6.86. The minimum Gasteiger partial charge on any atom is -0.448 e. The number of carbonyl (C=O) groups is 1. The molecule has 7 heteroatoms. The largest absolute Gasteiger partial charge is 0.448 e. The number of amides is 1. The molecular weight excluding hydrogens is 320 g/mol. The lowest BCUT2D eigenvalue weighted by Crippen LogP contribution is -2.32. The fourth-order valence-electron chi connectivity index (χ4n) is 3.71. The lowest BCUT2D eigenvalue weighted by Gasteiger charge is -2.20. The molecule has 0 saturated carbocycles. The molecule has 1 aromatic carbocycles. The fourth-order valence-corrected chi connectivity index (χ4v) is 3.71. The summed E-state index contributed by atoms with van der Waals surface area (Å²) < 4.78 is 6.64. The molecule has 2 fully saturated rings. The predicted octanol–water partition coefficient (Wildman–Crippen LogP) is 1.21. The lowest BCUT2D eigenvalue weighted by atomic mass is 10.1. The average molecular weight is 342 g/mol. The Bertz CT molecular complexity index is 863. The van der Waals surface area contributed by atoms with Crippen LogP contribution in [0.15, 0.2) is 29.1 Å². The van der Waals surface area contributed by atoms with Crippen LogP contribution in [0.4, 0.5) is 4.79 Å². The summed E-state index contributed by atoms with van der Waals surface area (Å²) in [5.41, 5.74) is 0.743. The van der Waals surface area contributed by atoms with E-state index in [2.05, 4.69) is 9.88 Å². The van der Waals surface area contributed by atoms with Gasteiger partial charge in [-0.15, -0.1) is 0 Å². The highest BCUT2D eigenvalue weighted by molar-refractivity contribution is 5.77. The van der Waals surface area contributed by atoms with E-state index in [1.807, 2.05) is 24.3 Å². The smallest absolute Gasteiger partial charge is 0.409 e. The predicted molar refractivity (Wildman–Crippen MR) is 93.3 cm³/mol. The number of carbonyl (C=O) groups excluding carboxylic acids is 1. The highest BCUT2D eigenvalue weighted by atomic mass is 16.6. The number of aromatic nitrogens is 2. The van der Waals surface area contributed by atoms with Gasteiger partial charge in [0, 0.05) is 20.1 Å². The third-order valence-electron chi connectivity index (χ3n) is 5.13. The number of para-hydroxylation sites is 1. The molecule has 0 aliphatic carbocycles. The topological polar surface area (TPSA) is 67.7 Å². The van der Waals surface area contributed by atoms with Crippen molar-refractivity contribution < 1.29 is 9.53 Å². The van der Waals surface area contributed by atoms with Gasteiger partial charge in [-0.25, -0.2) is 9.78 Å². The van der Waals surface area contributed by atoms with Gasteiger partial charge in [-0.05, 0) is 31.0 Å². The average Bonchev–Trinajstić information content (AvgIpc) is 3.22. The number of cyclic esters (lactones) is 1. The number of nitrogens with zero attached hydrogens (tertiary/aromatic N) is 4. The molecule has 1 unspecified atom stereocenters. The van der Waals surface area contributed by atoms with E-state index >= 15 is 0 Å². The van der Waals surface area contributed by atoms with Crippen molar-refractivity contribution in [3.63, 3.8) is 0 Å². The van der Waals surface area contributed by atoms with Crippen LogP contribution in [-0.2, 0) is 18.3 Å². The maximum absolute atomic E-state index is 12.5. The zero-order valence-electron chi connectivity index (χ0n) is 14.4. The number of fused-ring (bicyclic) bond motifs is 1. The highest BCUT2D eigenvalue weighted by Crippen LogP contribution is 2.21. The van der Waals surface area contributed by atoms with Gasteiger partial charge >= 0.3 is 6.09 Å². The van der Waals surface area contributed by atoms with Crippen molar-refractivity contribution in [1.82, 2.24) is 19.4 Å². The number of hydrogen-bond acceptors (Lipinski definition) is 5. The van der Waals surface area contributed by atoms with E-state index in [0.717, 1.165) is 37.4 Å². The van der Waals surface area contributed by atoms with Crippen molar-refractivity contribution in [2.75, 3.05) is 32.8 Å². The van der Waals surface area contributed by atoms with Gasteiger partial charge in [0.15, 0.2) is 0 Å². The molecule has 0 bridgehead atoms. The summed E-state index contributed by atoms with van der Waals surface area (Å²) in [4.78, 5) is 32.9. The summed E-state index contributed by atoms with van der Waals surface area (Å²) in [6.45, 7) is 4.45. The maximum atomic E-state index is 12.5. The molecule has 2 aliphatic heterocycles. The van der Waals surface area contributed by atoms with Crippen LogP contribution in [0.25, 0.3) is 10.9 Å². The van der Waals surface area contributed by atoms with Crippen molar-refractivity contribution in [1.29, 1.82) is 0 Å². The summed E-state index contributed by atoms with van der Waals surface area (Å²) in [6.07, 6.45) is 0.850. The molecule has 3 heterocycles. The Morgan fingerprint density at radius 1 is 1.24 bits per heavy atom. The maximum Gasteiger partial charge on any atom is 0.409 e. The minimum atomic E-state index is -0.197. The molecule has 1 amide bonds. The van der Waals surface area contributed by atoms with Crippen molar-refractivity contribution >= 4 is 17.0 Å². The lowest BCUT2D eigenvalue weighted by molar-refractivity contribution is 0.154. The molecule has 7 nitrogen and oxygen atoms in total. The Labute approximate surface area is 145 Å². The fraction of sp³-hybridized carbons (Fsp3) is 0.500. The standard InChI is InChI=1S/C18H22N4O3/c1-20-16(19-15-5-3-2-4-14(15)17(20)23)12-21-7-6-13(10-21)11-22-8-9-25-18(22)24/h2-5,13H,6-12H2,1H3. The minimum absolute atomic E-state index is 0.00356. The van der Waals surface area contributed by atoms with E-state index in [0.29, 0.717) is 31.0 Å². The molecular formula is C18H22N4O3. The molecule has 0 radical (unpaired) electrons. The van der Waals surface area contributed by atoms with E-state index in [1.54, 1.807) is 16.5 Å². The zero-order valence-corrected chi connectivity index (χ0v) is 14.4. The number of hydrogen-bond donors (Lipinski definition) is 0. The van der Waals surface area contributed by atoms with Crippen LogP contribution in [0, 0.1) is 5.92 Å². The van der Waals surface area contributed by atoms with E-state index in [9.17, 15) is 9.59 Å². The molecule has 0 N–H and O–H groups in total. The summed E-state index contributed by atoms with van der Waals surface area (Å²) in [7, 11) is 1.78. The first-order valence-electron chi connectivity index (χ1n) is 8.70. The third-order valence-corrected chi connectivity index (χ3v) is 5.13. The van der Waals surface area contributed by atoms with Gasteiger partial charge in [0.1, 0.15) is 12.4 Å². The van der Waals surface area contributed by atoms with Crippen LogP contribution in [0.1, 0.15) is 12.2 Å². The Hall–Kier alpha value is -2.41. The monoisotopic (exact) mass is 342 g/mol. The van der Waals surface area contributed by atoms with E-state index in [1.165, 1.54) is 0 Å². The molecule has 25 heavy (non-hydrogen) atoms. The molecule has 4 rings (SSSR count). The van der Waals surface area contributed by atoms with E-state index < -0.39 is 0 Å². The number of likely N-dealkylation sites (tertiary alicyclic amines) is 1. The van der Waals surface area contributed by atoms with Gasteiger partial charge < -0.3 is 9.64 Å². The Balaban J connectivity index is 1.46. The van der Waals surface area contributed by atoms with Gasteiger partial charge in [0.2, 0.25) is 0 Å². The van der Waals surface area contributed by atoms with Crippen LogP contribution in [0.5, 0.6) is 0 Å². The summed E-state index contributed by atoms with van der Waals surface area (Å²) in [5, 5.41) is 0.653. The highest BCUT2D eigenvalue weighted by Gasteiger charge is 2.29. The first-order valence-corrected chi connectivity index (χ1v) is 8.70. The molecule has 1 aromatic heterocycles. The van der Waals surface area contributed by atoms with Crippen molar-refractivity contribution in [3.05, 3.63) is 40.4 Å². The van der Waals surface area contributed by atoms with E-state index in [4.69, 9.17) is 4.74 Å². The van der Waals surface area contributed by atoms with Gasteiger partial charge in [-0.3, -0.25) is 14.3 Å². The third kappa shape index (κ3) is 3.11. The summed E-state index contributed by atoms with van der Waals surface area (Å²) in [5.74, 6) is 1.23. The van der Waals surface area contributed by atoms with Crippen LogP contribution < -0.4 is 5.56 Å². The molecule has 2 aliphatic rings. The van der Waals surface area contributed by atoms with Gasteiger partial charge in [0.05, 0.1) is 24.0 Å². The quantitative estimate of drug-likeness (QED) is 0.835. The van der Waals surface area contributed by atoms with Crippen LogP contribution >= 0.6 is 0 Å². The molecule has 1 atom stereocenters. The second kappa shape index (κ2) is 6.48. The van der Waals surface area contributed by atoms with Gasteiger partial charge in [-0.1, -0.05) is 12.1 Å². The van der Waals surface area contributed by atoms with Crippen LogP contribution in [0.2, 0.25) is 0 Å². The van der Waals surface area contributed by atoms with Gasteiger partial charge in [0.25, 0.3) is 5.56 Å². The molecule has 2 saturated heterocycles. The molecule has 132 valence electrons. The first kappa shape index (κ1) is 16.1. The van der Waals surface area contributed by atoms with Crippen molar-refractivity contribution in [2.45, 2.75) is 13.0 Å². The Morgan fingerprint density at radius 2 is 2.08 bits per heavy atom. The number of rotatable bonds is 4. The van der Waals surface area contributed by atoms with Gasteiger partial charge in [-0.2, -0.15) is 0 Å². The Morgan fingerprint density at radius 3 is 2.88 bits per heavy atom. The normalized spacial score (nSPS) is 21.2. The summed E-state index contributed by atoms with van der Waals surface area (Å²) >= 11 is 0. The zero-order chi connectivity index (χ0) is 17.4. The van der Waals surface area contributed by atoms with Crippen molar-refractivity contribution in [2.24, 2.45) is 13.0 Å². The number of ether oxygens (including phenoxy) is 1.